The number of carbonyl (C=O) groups is 4. The van der Waals surface area contributed by atoms with Crippen molar-refractivity contribution in [1.82, 2.24) is 10.2 Å². The first-order chi connectivity index (χ1) is 23.9. The number of anilines is 1. The Bertz CT molecular complexity index is 1710. The number of aliphatic hydroxyl groups is 1. The van der Waals surface area contributed by atoms with Gasteiger partial charge in [0.05, 0.1) is 24.6 Å². The zero-order valence-electron chi connectivity index (χ0n) is 29.2. The fourth-order valence-electron chi connectivity index (χ4n) is 8.06. The van der Waals surface area contributed by atoms with E-state index in [1.54, 1.807) is 17.9 Å². The van der Waals surface area contributed by atoms with E-state index in [2.05, 4.69) is 21.2 Å². The highest BCUT2D eigenvalue weighted by molar-refractivity contribution is 9.11. The van der Waals surface area contributed by atoms with Crippen LogP contribution in [0, 0.1) is 31.6 Å². The van der Waals surface area contributed by atoms with E-state index in [0.29, 0.717) is 28.6 Å². The molecule has 2 saturated heterocycles. The van der Waals surface area contributed by atoms with Crippen LogP contribution in [0.15, 0.2) is 71.2 Å². The van der Waals surface area contributed by atoms with E-state index in [4.69, 9.17) is 9.47 Å². The molecule has 11 heteroatoms. The van der Waals surface area contributed by atoms with Gasteiger partial charge in [-0.25, -0.2) is 0 Å². The molecule has 6 rings (SSSR count). The average molecular weight is 749 g/mol. The molecule has 1 spiro atoms. The number of hydrogen-bond donors (Lipinski definition) is 2. The molecule has 0 radical (unpaired) electrons. The maximum Gasteiger partial charge on any atom is 0.313 e. The number of esters is 1. The molecule has 50 heavy (non-hydrogen) atoms. The van der Waals surface area contributed by atoms with Crippen LogP contribution < -0.4 is 10.2 Å². The predicted molar refractivity (Wildman–Crippen MR) is 192 cm³/mol. The van der Waals surface area contributed by atoms with Crippen molar-refractivity contribution in [1.29, 1.82) is 0 Å². The van der Waals surface area contributed by atoms with Crippen molar-refractivity contribution in [3.63, 3.8) is 0 Å². The lowest BCUT2D eigenvalue weighted by atomic mass is 9.74. The van der Waals surface area contributed by atoms with Crippen LogP contribution in [0.3, 0.4) is 0 Å². The number of aryl methyl sites for hydroxylation is 2. The minimum atomic E-state index is -1.50. The van der Waals surface area contributed by atoms with Crippen molar-refractivity contribution in [2.75, 3.05) is 18.1 Å². The molecule has 0 saturated carbocycles. The van der Waals surface area contributed by atoms with Gasteiger partial charge in [-0.15, -0.1) is 0 Å². The molecule has 2 fully saturated rings. The molecule has 2 aromatic carbocycles. The van der Waals surface area contributed by atoms with E-state index >= 15 is 4.79 Å². The standard InChI is InChI=1S/C39H46BrN3O7/c1-6-23(3)29(21-44)43-35-37(47)42(28-19-22(2)16-17-24(28)4)18-12-8-11-15-30(45)41-25(5)33(26-13-9-7-10-14-26)49-38(48)31-32(36(43)46)39(35)20-27(40)34(31)50-39/h7-10,12-14,16-17,19-20,23,25,29,31-35,44H,6,11,15,18,21H2,1-5H3,(H,41,45)/b12-8-/t23-,25+,29-,31-,32+,33-,34-,35-,39+/m0/s1. The number of halogens is 1. The number of nitrogens with one attached hydrogen (secondary N) is 1. The normalized spacial score (nSPS) is 31.9. The predicted octanol–water partition coefficient (Wildman–Crippen LogP) is 5.06. The van der Waals surface area contributed by atoms with Gasteiger partial charge < -0.3 is 29.7 Å². The summed E-state index contributed by atoms with van der Waals surface area (Å²) in [5.41, 5.74) is 1.68. The molecule has 3 amide bonds. The third-order valence-corrected chi connectivity index (χ3v) is 11.5. The van der Waals surface area contributed by atoms with E-state index in [1.165, 1.54) is 4.90 Å². The molecule has 5 bridgehead atoms. The smallest absolute Gasteiger partial charge is 0.313 e. The summed E-state index contributed by atoms with van der Waals surface area (Å²) >= 11 is 3.63. The molecule has 4 heterocycles. The minimum Gasteiger partial charge on any atom is -0.455 e. The van der Waals surface area contributed by atoms with Gasteiger partial charge >= 0.3 is 5.97 Å². The van der Waals surface area contributed by atoms with Crippen molar-refractivity contribution in [3.05, 3.63) is 87.9 Å². The number of carbonyl (C=O) groups excluding carboxylic acids is 4. The average Bonchev–Trinajstić information content (AvgIpc) is 3.69. The number of rotatable bonds is 6. The van der Waals surface area contributed by atoms with E-state index in [1.807, 2.05) is 88.4 Å². The lowest BCUT2D eigenvalue weighted by molar-refractivity contribution is -0.162. The summed E-state index contributed by atoms with van der Waals surface area (Å²) in [5, 5.41) is 13.8. The first kappa shape index (κ1) is 36.0. The number of aliphatic hydroxyl groups excluding tert-OH is 1. The zero-order chi connectivity index (χ0) is 35.9. The molecule has 4 aliphatic rings. The van der Waals surface area contributed by atoms with Gasteiger partial charge in [0.25, 0.3) is 5.91 Å². The molecule has 266 valence electrons. The van der Waals surface area contributed by atoms with Gasteiger partial charge in [-0.1, -0.05) is 90.8 Å². The van der Waals surface area contributed by atoms with Crippen molar-refractivity contribution in [2.24, 2.45) is 17.8 Å². The molecule has 9 atom stereocenters. The largest absolute Gasteiger partial charge is 0.455 e. The Morgan fingerprint density at radius 1 is 1.04 bits per heavy atom. The van der Waals surface area contributed by atoms with E-state index in [0.717, 1.165) is 11.1 Å². The molecule has 2 N–H and O–H groups in total. The number of likely N-dealkylation sites (tertiary alicyclic amines) is 1. The number of cyclic esters (lactones) is 1. The number of hydrogen-bond acceptors (Lipinski definition) is 7. The Labute approximate surface area is 302 Å². The van der Waals surface area contributed by atoms with Crippen LogP contribution in [0.25, 0.3) is 0 Å². The molecule has 4 aliphatic heterocycles. The summed E-state index contributed by atoms with van der Waals surface area (Å²) in [6.07, 6.45) is 5.07. The van der Waals surface area contributed by atoms with E-state index in [-0.39, 0.29) is 37.3 Å². The minimum absolute atomic E-state index is 0.164. The molecule has 0 aromatic heterocycles. The Morgan fingerprint density at radius 3 is 2.48 bits per heavy atom. The van der Waals surface area contributed by atoms with Crippen LogP contribution in [0.1, 0.15) is 62.8 Å². The van der Waals surface area contributed by atoms with Gasteiger partial charge in [0, 0.05) is 23.1 Å². The number of fused-ring (bicyclic) bond motifs is 2. The van der Waals surface area contributed by atoms with Crippen LogP contribution in [0.4, 0.5) is 5.69 Å². The van der Waals surface area contributed by atoms with Crippen LogP contribution in [-0.4, -0.2) is 76.7 Å². The highest BCUT2D eigenvalue weighted by Crippen LogP contribution is 2.59. The number of ether oxygens (including phenoxy) is 2. The molecular formula is C39H46BrN3O7. The second-order valence-corrected chi connectivity index (χ2v) is 15.0. The zero-order valence-corrected chi connectivity index (χ0v) is 30.8. The number of nitrogens with zero attached hydrogens (tertiary/aromatic N) is 2. The summed E-state index contributed by atoms with van der Waals surface area (Å²) < 4.78 is 13.6. The Hall–Kier alpha value is -3.80. The van der Waals surface area contributed by atoms with E-state index in [9.17, 15) is 19.5 Å². The topological polar surface area (TPSA) is 125 Å². The van der Waals surface area contributed by atoms with Gasteiger partial charge in [-0.2, -0.15) is 0 Å². The quantitative estimate of drug-likeness (QED) is 0.313. The highest BCUT2D eigenvalue weighted by atomic mass is 79.9. The van der Waals surface area contributed by atoms with Gasteiger partial charge in [0.15, 0.2) is 0 Å². The van der Waals surface area contributed by atoms with Crippen LogP contribution >= 0.6 is 15.9 Å². The van der Waals surface area contributed by atoms with Crippen LogP contribution in [0.2, 0.25) is 0 Å². The lowest BCUT2D eigenvalue weighted by Gasteiger charge is -2.40. The highest BCUT2D eigenvalue weighted by Gasteiger charge is 2.75. The Balaban J connectivity index is 1.53. The number of benzene rings is 2. The first-order valence-electron chi connectivity index (χ1n) is 17.5. The summed E-state index contributed by atoms with van der Waals surface area (Å²) in [5.74, 6) is -4.01. The molecular weight excluding hydrogens is 702 g/mol. The van der Waals surface area contributed by atoms with Crippen LogP contribution in [-0.2, 0) is 28.7 Å². The number of allylic oxidation sites excluding steroid dienone is 1. The maximum atomic E-state index is 15.3. The molecule has 2 aromatic rings. The van der Waals surface area contributed by atoms with Gasteiger partial charge in [-0.05, 0) is 61.9 Å². The number of amides is 3. The third kappa shape index (κ3) is 6.22. The summed E-state index contributed by atoms with van der Waals surface area (Å²) in [6, 6.07) is 12.6. The fraction of sp³-hybridized carbons (Fsp3) is 0.487. The molecule has 0 unspecified atom stereocenters. The second-order valence-electron chi connectivity index (χ2n) is 14.1. The van der Waals surface area contributed by atoms with Crippen LogP contribution in [0.5, 0.6) is 0 Å². The van der Waals surface area contributed by atoms with Crippen molar-refractivity contribution in [3.8, 4) is 0 Å². The van der Waals surface area contributed by atoms with Crippen molar-refractivity contribution < 1.29 is 33.8 Å². The van der Waals surface area contributed by atoms with E-state index < -0.39 is 59.6 Å². The summed E-state index contributed by atoms with van der Waals surface area (Å²) in [4.78, 5) is 61.0. The van der Waals surface area contributed by atoms with Crippen molar-refractivity contribution >= 4 is 45.3 Å². The fourth-order valence-corrected chi connectivity index (χ4v) is 8.80. The summed E-state index contributed by atoms with van der Waals surface area (Å²) in [6.45, 7) is 9.39. The molecule has 0 aliphatic carbocycles. The Kier molecular flexibility index (Phi) is 10.4. The van der Waals surface area contributed by atoms with Crippen molar-refractivity contribution in [2.45, 2.75) is 89.8 Å². The first-order valence-corrected chi connectivity index (χ1v) is 18.3. The van der Waals surface area contributed by atoms with Gasteiger partial charge in [0.2, 0.25) is 11.8 Å². The SMILES string of the molecule is CC[C@H](C)[C@H](CO)N1C(=O)[C@H]2[C@@H]3C(=O)O[C@H](c4ccccc4)[C@@H](C)NC(=O)CC/C=C\CN(c4cc(C)ccc4C)C(=O)[C@H]1[C@@]21C=C(Br)[C@@H]3O1. The van der Waals surface area contributed by atoms with Gasteiger partial charge in [0.1, 0.15) is 29.8 Å². The molecule has 10 nitrogen and oxygen atoms in total. The summed E-state index contributed by atoms with van der Waals surface area (Å²) in [7, 11) is 0. The van der Waals surface area contributed by atoms with Gasteiger partial charge in [-0.3, -0.25) is 19.2 Å². The maximum absolute atomic E-state index is 15.3. The monoisotopic (exact) mass is 747 g/mol. The second kappa shape index (κ2) is 14.4. The lowest BCUT2D eigenvalue weighted by Crippen LogP contribution is -2.59. The Morgan fingerprint density at radius 2 is 1.78 bits per heavy atom. The third-order valence-electron chi connectivity index (χ3n) is 10.8.